The molecule has 0 N–H and O–H groups in total. The molecule has 0 fully saturated rings. The van der Waals surface area contributed by atoms with Gasteiger partial charge in [-0.25, -0.2) is 13.9 Å². The van der Waals surface area contributed by atoms with Crippen molar-refractivity contribution < 1.29 is 8.42 Å². The predicted octanol–water partition coefficient (Wildman–Crippen LogP) is 1.36. The van der Waals surface area contributed by atoms with E-state index < -0.39 is 10.0 Å². The third-order valence-electron chi connectivity index (χ3n) is 2.84. The average molecular weight is 288 g/mol. The van der Waals surface area contributed by atoms with Crippen LogP contribution in [0.25, 0.3) is 0 Å². The van der Waals surface area contributed by atoms with Crippen LogP contribution in [0, 0.1) is 0 Å². The highest BCUT2D eigenvalue weighted by atomic mass is 32.2. The molecule has 2 aromatic heterocycles. The Labute approximate surface area is 116 Å². The smallest absolute Gasteiger partial charge is 0.287 e. The lowest BCUT2D eigenvalue weighted by Gasteiger charge is -2.02. The Hall–Kier alpha value is -2.41. The Kier molecular flexibility index (Phi) is 3.11. The van der Waals surface area contributed by atoms with E-state index in [9.17, 15) is 8.42 Å². The van der Waals surface area contributed by atoms with Gasteiger partial charge in [-0.15, -0.1) is 0 Å². The summed E-state index contributed by atoms with van der Waals surface area (Å²) in [6, 6.07) is 9.77. The molecule has 3 aromatic rings. The van der Waals surface area contributed by atoms with Crippen LogP contribution >= 0.6 is 0 Å². The lowest BCUT2D eigenvalue weighted by atomic mass is 10.2. The zero-order valence-corrected chi connectivity index (χ0v) is 11.3. The molecule has 0 aliphatic carbocycles. The molecular weight excluding hydrogens is 276 g/mol. The summed E-state index contributed by atoms with van der Waals surface area (Å²) in [5.41, 5.74) is 1.08. The van der Waals surface area contributed by atoms with Crippen LogP contribution < -0.4 is 0 Å². The monoisotopic (exact) mass is 288 g/mol. The first-order valence-electron chi connectivity index (χ1n) is 5.95. The second kappa shape index (κ2) is 4.93. The molecule has 0 aliphatic heterocycles. The highest BCUT2D eigenvalue weighted by molar-refractivity contribution is 7.89. The van der Waals surface area contributed by atoms with Gasteiger partial charge >= 0.3 is 0 Å². The summed E-state index contributed by atoms with van der Waals surface area (Å²) < 4.78 is 27.2. The Morgan fingerprint density at radius 3 is 2.60 bits per heavy atom. The summed E-state index contributed by atoms with van der Waals surface area (Å²) in [4.78, 5) is 7.70. The Morgan fingerprint density at radius 2 is 1.90 bits per heavy atom. The van der Waals surface area contributed by atoms with Gasteiger partial charge in [0.05, 0.1) is 6.33 Å². The zero-order valence-electron chi connectivity index (χ0n) is 10.5. The maximum Gasteiger partial charge on any atom is 0.287 e. The van der Waals surface area contributed by atoms with Crippen LogP contribution in [0.2, 0.25) is 0 Å². The highest BCUT2D eigenvalue weighted by Crippen LogP contribution is 2.11. The van der Waals surface area contributed by atoms with Crippen LogP contribution in [0.1, 0.15) is 5.56 Å². The standard InChI is InChI=1S/C13H12N4O2S/c18-20(19,17-7-6-14-10-17)13-9-16(11-15-13)8-12-4-2-1-3-5-12/h1-7,9-11H,8H2. The van der Waals surface area contributed by atoms with Gasteiger partial charge in [-0.1, -0.05) is 30.3 Å². The van der Waals surface area contributed by atoms with Crippen LogP contribution in [-0.2, 0) is 16.6 Å². The van der Waals surface area contributed by atoms with Crippen molar-refractivity contribution in [3.05, 3.63) is 67.1 Å². The normalized spacial score (nSPS) is 11.6. The van der Waals surface area contributed by atoms with Gasteiger partial charge in [0, 0.05) is 25.1 Å². The van der Waals surface area contributed by atoms with E-state index >= 15 is 0 Å². The summed E-state index contributed by atoms with van der Waals surface area (Å²) in [5, 5.41) is 0.00595. The van der Waals surface area contributed by atoms with Gasteiger partial charge in [-0.2, -0.15) is 8.42 Å². The van der Waals surface area contributed by atoms with E-state index in [1.165, 1.54) is 31.2 Å². The van der Waals surface area contributed by atoms with Gasteiger partial charge in [0.25, 0.3) is 10.0 Å². The lowest BCUT2D eigenvalue weighted by Crippen LogP contribution is -2.11. The van der Waals surface area contributed by atoms with Crippen molar-refractivity contribution in [1.29, 1.82) is 0 Å². The van der Waals surface area contributed by atoms with Crippen molar-refractivity contribution >= 4 is 10.0 Å². The maximum absolute atomic E-state index is 12.2. The molecule has 1 aromatic carbocycles. The van der Waals surface area contributed by atoms with Gasteiger partial charge in [0.1, 0.15) is 6.33 Å². The van der Waals surface area contributed by atoms with E-state index in [-0.39, 0.29) is 5.03 Å². The molecule has 6 nitrogen and oxygen atoms in total. The topological polar surface area (TPSA) is 69.8 Å². The first kappa shape index (κ1) is 12.6. The molecule has 0 atom stereocenters. The average Bonchev–Trinajstić information content (AvgIpc) is 3.11. The molecule has 102 valence electrons. The SMILES string of the molecule is O=S(=O)(c1cn(Cc2ccccc2)cn1)n1ccnc1. The van der Waals surface area contributed by atoms with E-state index in [2.05, 4.69) is 9.97 Å². The fraction of sp³-hybridized carbons (Fsp3) is 0.0769. The van der Waals surface area contributed by atoms with E-state index in [4.69, 9.17) is 0 Å². The van der Waals surface area contributed by atoms with Crippen molar-refractivity contribution in [1.82, 2.24) is 18.5 Å². The molecule has 3 rings (SSSR count). The predicted molar refractivity (Wildman–Crippen MR) is 72.6 cm³/mol. The third-order valence-corrected chi connectivity index (χ3v) is 4.35. The molecule has 0 aliphatic rings. The minimum Gasteiger partial charge on any atom is -0.332 e. The largest absolute Gasteiger partial charge is 0.332 e. The van der Waals surface area contributed by atoms with Crippen molar-refractivity contribution in [3.63, 3.8) is 0 Å². The van der Waals surface area contributed by atoms with Crippen LogP contribution in [0.4, 0.5) is 0 Å². The molecule has 0 radical (unpaired) electrons. The molecule has 2 heterocycles. The van der Waals surface area contributed by atoms with E-state index in [0.29, 0.717) is 6.54 Å². The van der Waals surface area contributed by atoms with Crippen molar-refractivity contribution in [3.8, 4) is 0 Å². The first-order chi connectivity index (χ1) is 9.66. The second-order valence-electron chi connectivity index (χ2n) is 4.27. The summed E-state index contributed by atoms with van der Waals surface area (Å²) in [6.45, 7) is 0.577. The molecule has 0 bridgehead atoms. The second-order valence-corrected chi connectivity index (χ2v) is 6.06. The lowest BCUT2D eigenvalue weighted by molar-refractivity contribution is 0.584. The summed E-state index contributed by atoms with van der Waals surface area (Å²) >= 11 is 0. The number of rotatable bonds is 4. The minimum absolute atomic E-state index is 0.00595. The molecule has 20 heavy (non-hydrogen) atoms. The number of hydrogen-bond acceptors (Lipinski definition) is 4. The van der Waals surface area contributed by atoms with Crippen LogP contribution in [0.15, 0.2) is 66.6 Å². The number of benzene rings is 1. The maximum atomic E-state index is 12.2. The third kappa shape index (κ3) is 2.35. The van der Waals surface area contributed by atoms with Crippen LogP contribution in [0.3, 0.4) is 0 Å². The van der Waals surface area contributed by atoms with Crippen molar-refractivity contribution in [2.75, 3.05) is 0 Å². The van der Waals surface area contributed by atoms with Gasteiger partial charge in [0.2, 0.25) is 0 Å². The fourth-order valence-electron chi connectivity index (χ4n) is 1.85. The van der Waals surface area contributed by atoms with Crippen molar-refractivity contribution in [2.24, 2.45) is 0 Å². The minimum atomic E-state index is -3.64. The molecule has 0 spiro atoms. The number of hydrogen-bond donors (Lipinski definition) is 0. The molecule has 0 unspecified atom stereocenters. The molecular formula is C13H12N4O2S. The summed E-state index contributed by atoms with van der Waals surface area (Å²) in [6.07, 6.45) is 7.06. The number of imidazole rings is 2. The highest BCUT2D eigenvalue weighted by Gasteiger charge is 2.19. The Morgan fingerprint density at radius 1 is 1.10 bits per heavy atom. The van der Waals surface area contributed by atoms with Gasteiger partial charge in [0.15, 0.2) is 5.03 Å². The quantitative estimate of drug-likeness (QED) is 0.727. The molecule has 7 heteroatoms. The number of nitrogens with zero attached hydrogens (tertiary/aromatic N) is 4. The first-order valence-corrected chi connectivity index (χ1v) is 7.39. The van der Waals surface area contributed by atoms with E-state index in [1.54, 1.807) is 4.57 Å². The van der Waals surface area contributed by atoms with Gasteiger partial charge in [-0.3, -0.25) is 0 Å². The number of aromatic nitrogens is 4. The van der Waals surface area contributed by atoms with Gasteiger partial charge < -0.3 is 4.57 Å². The fourth-order valence-corrected chi connectivity index (χ4v) is 2.91. The zero-order chi connectivity index (χ0) is 14.0. The Bertz CT molecular complexity index is 792. The van der Waals surface area contributed by atoms with Crippen LogP contribution in [0.5, 0.6) is 0 Å². The van der Waals surface area contributed by atoms with E-state index in [1.807, 2.05) is 30.3 Å². The van der Waals surface area contributed by atoms with Crippen LogP contribution in [-0.4, -0.2) is 26.9 Å². The van der Waals surface area contributed by atoms with Gasteiger partial charge in [-0.05, 0) is 5.56 Å². The molecule has 0 saturated carbocycles. The van der Waals surface area contributed by atoms with Crippen molar-refractivity contribution in [2.45, 2.75) is 11.6 Å². The summed E-state index contributed by atoms with van der Waals surface area (Å²) in [5.74, 6) is 0. The summed E-state index contributed by atoms with van der Waals surface area (Å²) in [7, 11) is -3.64. The van der Waals surface area contributed by atoms with E-state index in [0.717, 1.165) is 9.54 Å². The molecule has 0 amide bonds. The molecule has 0 saturated heterocycles. The Balaban J connectivity index is 1.88.